The molecule has 0 bridgehead atoms. The van der Waals surface area contributed by atoms with Crippen LogP contribution in [0.2, 0.25) is 0 Å². The molecule has 1 aliphatic heterocycles. The number of carbonyl (C=O) groups is 2. The van der Waals surface area contributed by atoms with Crippen molar-refractivity contribution < 1.29 is 23.5 Å². The van der Waals surface area contributed by atoms with E-state index in [-0.39, 0.29) is 17.6 Å². The minimum atomic E-state index is -0.772. The van der Waals surface area contributed by atoms with Gasteiger partial charge in [0.05, 0.1) is 13.2 Å². The van der Waals surface area contributed by atoms with Crippen molar-refractivity contribution in [3.63, 3.8) is 0 Å². The summed E-state index contributed by atoms with van der Waals surface area (Å²) in [5.74, 6) is 0.0385. The van der Waals surface area contributed by atoms with Gasteiger partial charge in [-0.1, -0.05) is 28.1 Å². The molecular formula is C22H21BrN2O5. The van der Waals surface area contributed by atoms with Crippen LogP contribution in [0, 0.1) is 0 Å². The van der Waals surface area contributed by atoms with Crippen LogP contribution < -0.4 is 10.1 Å². The standard InChI is InChI=1S/C22H21BrN2O5/c1-14(29-16-8-6-15(23)7-9-16)21(26)24-19-17-4-2-3-5-18(17)30-20(19)22(27)25-10-12-28-13-11-25/h2-9,14H,10-13H2,1H3,(H,24,26). The second-order valence-corrected chi connectivity index (χ2v) is 7.83. The maximum absolute atomic E-state index is 13.1. The minimum Gasteiger partial charge on any atom is -0.481 e. The SMILES string of the molecule is CC(Oc1ccc(Br)cc1)C(=O)Nc1c(C(=O)N2CCOCC2)oc2ccccc12. The quantitative estimate of drug-likeness (QED) is 0.604. The molecular weight excluding hydrogens is 452 g/mol. The number of benzene rings is 2. The van der Waals surface area contributed by atoms with Crippen LogP contribution in [0.3, 0.4) is 0 Å². The molecule has 1 fully saturated rings. The maximum Gasteiger partial charge on any atom is 0.291 e. The Labute approximate surface area is 182 Å². The van der Waals surface area contributed by atoms with Gasteiger partial charge in [-0.3, -0.25) is 9.59 Å². The smallest absolute Gasteiger partial charge is 0.291 e. The highest BCUT2D eigenvalue weighted by molar-refractivity contribution is 9.10. The fourth-order valence-electron chi connectivity index (χ4n) is 3.23. The lowest BCUT2D eigenvalue weighted by molar-refractivity contribution is -0.122. The number of halogens is 1. The molecule has 0 radical (unpaired) electrons. The van der Waals surface area contributed by atoms with Crippen LogP contribution in [-0.2, 0) is 9.53 Å². The Morgan fingerprint density at radius 3 is 2.53 bits per heavy atom. The molecule has 2 amide bonds. The van der Waals surface area contributed by atoms with Crippen LogP contribution in [0.1, 0.15) is 17.5 Å². The lowest BCUT2D eigenvalue weighted by Gasteiger charge is -2.26. The van der Waals surface area contributed by atoms with E-state index in [1.54, 1.807) is 30.0 Å². The molecule has 2 heterocycles. The van der Waals surface area contributed by atoms with E-state index in [2.05, 4.69) is 21.2 Å². The lowest BCUT2D eigenvalue weighted by atomic mass is 10.2. The molecule has 1 aromatic heterocycles. The Bertz CT molecular complexity index is 1060. The van der Waals surface area contributed by atoms with Crippen molar-refractivity contribution in [3.05, 3.63) is 58.8 Å². The largest absolute Gasteiger partial charge is 0.481 e. The molecule has 2 aromatic carbocycles. The van der Waals surface area contributed by atoms with Crippen LogP contribution in [0.5, 0.6) is 5.75 Å². The van der Waals surface area contributed by atoms with Gasteiger partial charge in [0.2, 0.25) is 5.76 Å². The number of hydrogen-bond donors (Lipinski definition) is 1. The first-order valence-corrected chi connectivity index (χ1v) is 10.4. The van der Waals surface area contributed by atoms with E-state index in [1.165, 1.54) is 0 Å². The first-order chi connectivity index (χ1) is 14.5. The molecule has 7 nitrogen and oxygen atoms in total. The van der Waals surface area contributed by atoms with Gasteiger partial charge < -0.3 is 24.1 Å². The summed E-state index contributed by atoms with van der Waals surface area (Å²) in [5, 5.41) is 3.50. The summed E-state index contributed by atoms with van der Waals surface area (Å²) < 4.78 is 17.8. The Balaban J connectivity index is 1.58. The van der Waals surface area contributed by atoms with Crippen molar-refractivity contribution in [3.8, 4) is 5.75 Å². The number of nitrogens with zero attached hydrogens (tertiary/aromatic N) is 1. The van der Waals surface area contributed by atoms with Gasteiger partial charge in [-0.05, 0) is 43.3 Å². The summed E-state index contributed by atoms with van der Waals surface area (Å²) in [6.45, 7) is 3.57. The number of nitrogens with one attached hydrogen (secondary N) is 1. The second kappa shape index (κ2) is 8.89. The van der Waals surface area contributed by atoms with E-state index in [1.807, 2.05) is 30.3 Å². The monoisotopic (exact) mass is 472 g/mol. The molecule has 1 N–H and O–H groups in total. The number of morpholine rings is 1. The van der Waals surface area contributed by atoms with Crippen molar-refractivity contribution in [2.45, 2.75) is 13.0 Å². The average Bonchev–Trinajstić information content (AvgIpc) is 3.13. The molecule has 1 atom stereocenters. The van der Waals surface area contributed by atoms with Crippen LogP contribution >= 0.6 is 15.9 Å². The van der Waals surface area contributed by atoms with Crippen LogP contribution in [0.15, 0.2) is 57.4 Å². The number of amides is 2. The normalized spacial score (nSPS) is 15.1. The topological polar surface area (TPSA) is 81.0 Å². The zero-order valence-electron chi connectivity index (χ0n) is 16.4. The number of rotatable bonds is 5. The Morgan fingerprint density at radius 2 is 1.80 bits per heavy atom. The molecule has 0 spiro atoms. The number of para-hydroxylation sites is 1. The predicted molar refractivity (Wildman–Crippen MR) is 116 cm³/mol. The number of carbonyl (C=O) groups excluding carboxylic acids is 2. The summed E-state index contributed by atoms with van der Waals surface area (Å²) in [7, 11) is 0. The van der Waals surface area contributed by atoms with E-state index < -0.39 is 6.10 Å². The first-order valence-electron chi connectivity index (χ1n) is 9.64. The third-order valence-corrected chi connectivity index (χ3v) is 5.36. The fraction of sp³-hybridized carbons (Fsp3) is 0.273. The van der Waals surface area contributed by atoms with Gasteiger partial charge in [-0.15, -0.1) is 0 Å². The Morgan fingerprint density at radius 1 is 1.10 bits per heavy atom. The van der Waals surface area contributed by atoms with E-state index in [0.29, 0.717) is 48.7 Å². The Hall–Kier alpha value is -2.84. The van der Waals surface area contributed by atoms with Crippen molar-refractivity contribution in [2.24, 2.45) is 0 Å². The second-order valence-electron chi connectivity index (χ2n) is 6.91. The fourth-order valence-corrected chi connectivity index (χ4v) is 3.49. The lowest BCUT2D eigenvalue weighted by Crippen LogP contribution is -2.41. The average molecular weight is 473 g/mol. The first kappa shape index (κ1) is 20.4. The number of ether oxygens (including phenoxy) is 2. The van der Waals surface area contributed by atoms with Crippen LogP contribution in [0.25, 0.3) is 11.0 Å². The molecule has 8 heteroatoms. The van der Waals surface area contributed by atoms with E-state index in [0.717, 1.165) is 4.47 Å². The third-order valence-electron chi connectivity index (χ3n) is 4.83. The molecule has 156 valence electrons. The van der Waals surface area contributed by atoms with Crippen molar-refractivity contribution in [2.75, 3.05) is 31.6 Å². The van der Waals surface area contributed by atoms with Gasteiger partial charge in [0.15, 0.2) is 6.10 Å². The van der Waals surface area contributed by atoms with Crippen LogP contribution in [-0.4, -0.2) is 49.1 Å². The highest BCUT2D eigenvalue weighted by Crippen LogP contribution is 2.32. The number of fused-ring (bicyclic) bond motifs is 1. The highest BCUT2D eigenvalue weighted by Gasteiger charge is 2.28. The maximum atomic E-state index is 13.1. The highest BCUT2D eigenvalue weighted by atomic mass is 79.9. The molecule has 0 saturated carbocycles. The van der Waals surface area contributed by atoms with Crippen molar-refractivity contribution in [1.82, 2.24) is 4.90 Å². The Kier molecular flexibility index (Phi) is 6.06. The number of hydrogen-bond acceptors (Lipinski definition) is 5. The van der Waals surface area contributed by atoms with E-state index in [9.17, 15) is 9.59 Å². The molecule has 30 heavy (non-hydrogen) atoms. The van der Waals surface area contributed by atoms with Gasteiger partial charge in [-0.2, -0.15) is 0 Å². The molecule has 1 unspecified atom stereocenters. The van der Waals surface area contributed by atoms with Gasteiger partial charge >= 0.3 is 0 Å². The molecule has 4 rings (SSSR count). The molecule has 0 aliphatic carbocycles. The summed E-state index contributed by atoms with van der Waals surface area (Å²) in [6, 6.07) is 14.4. The van der Waals surface area contributed by atoms with E-state index >= 15 is 0 Å². The minimum absolute atomic E-state index is 0.113. The van der Waals surface area contributed by atoms with Crippen LogP contribution in [0.4, 0.5) is 5.69 Å². The summed E-state index contributed by atoms with van der Waals surface area (Å²) in [4.78, 5) is 27.6. The zero-order valence-corrected chi connectivity index (χ0v) is 18.0. The molecule has 1 aliphatic rings. The van der Waals surface area contributed by atoms with Gasteiger partial charge in [0.25, 0.3) is 11.8 Å². The summed E-state index contributed by atoms with van der Waals surface area (Å²) in [5.41, 5.74) is 0.893. The summed E-state index contributed by atoms with van der Waals surface area (Å²) in [6.07, 6.45) is -0.772. The summed E-state index contributed by atoms with van der Waals surface area (Å²) >= 11 is 3.37. The number of anilines is 1. The van der Waals surface area contributed by atoms with Gasteiger partial charge in [-0.25, -0.2) is 0 Å². The zero-order chi connectivity index (χ0) is 21.1. The molecule has 1 saturated heterocycles. The van der Waals surface area contributed by atoms with Gasteiger partial charge in [0, 0.05) is 22.9 Å². The van der Waals surface area contributed by atoms with Gasteiger partial charge in [0.1, 0.15) is 17.0 Å². The van der Waals surface area contributed by atoms with E-state index in [4.69, 9.17) is 13.9 Å². The van der Waals surface area contributed by atoms with Crippen molar-refractivity contribution >= 4 is 44.4 Å². The predicted octanol–water partition coefficient (Wildman–Crippen LogP) is 4.07. The van der Waals surface area contributed by atoms with Crippen molar-refractivity contribution in [1.29, 1.82) is 0 Å². The third kappa shape index (κ3) is 4.34. The molecule has 3 aromatic rings. The number of furan rings is 1.